The van der Waals surface area contributed by atoms with Gasteiger partial charge in [-0.3, -0.25) is 4.79 Å². The Morgan fingerprint density at radius 1 is 1.37 bits per heavy atom. The van der Waals surface area contributed by atoms with Gasteiger partial charge in [-0.15, -0.1) is 0 Å². The van der Waals surface area contributed by atoms with Crippen molar-refractivity contribution >= 4 is 5.91 Å². The lowest BCUT2D eigenvalue weighted by Crippen LogP contribution is -2.46. The molecule has 4 heteroatoms. The van der Waals surface area contributed by atoms with Crippen molar-refractivity contribution in [2.45, 2.75) is 52.0 Å². The number of nitrogens with zero attached hydrogens (tertiary/aromatic N) is 1. The molecule has 1 amide bonds. The molecule has 1 aliphatic heterocycles. The molecule has 4 nitrogen and oxygen atoms in total. The molecular weight excluding hydrogens is 240 g/mol. The third-order valence-electron chi connectivity index (χ3n) is 5.18. The molecule has 0 radical (unpaired) electrons. The predicted octanol–water partition coefficient (Wildman–Crippen LogP) is 1.37. The summed E-state index contributed by atoms with van der Waals surface area (Å²) in [6.45, 7) is 6.06. The maximum absolute atomic E-state index is 12.3. The van der Waals surface area contributed by atoms with Gasteiger partial charge in [-0.2, -0.15) is 0 Å². The fourth-order valence-electron chi connectivity index (χ4n) is 3.50. The fourth-order valence-corrected chi connectivity index (χ4v) is 3.50. The van der Waals surface area contributed by atoms with Crippen LogP contribution < -0.4 is 5.73 Å². The summed E-state index contributed by atoms with van der Waals surface area (Å²) in [6, 6.07) is -0.357. The normalized spacial score (nSPS) is 33.1. The van der Waals surface area contributed by atoms with E-state index in [4.69, 9.17) is 5.73 Å². The average molecular weight is 268 g/mol. The molecule has 1 saturated carbocycles. The Bertz CT molecular complexity index is 322. The largest absolute Gasteiger partial charge is 0.396 e. The minimum Gasteiger partial charge on any atom is -0.396 e. The highest BCUT2D eigenvalue weighted by Gasteiger charge is 2.43. The monoisotopic (exact) mass is 268 g/mol. The second kappa shape index (κ2) is 5.80. The van der Waals surface area contributed by atoms with Gasteiger partial charge < -0.3 is 15.7 Å². The molecule has 0 aromatic heterocycles. The number of aliphatic hydroxyl groups excluding tert-OH is 1. The summed E-state index contributed by atoms with van der Waals surface area (Å²) in [5.74, 6) is 0.804. The summed E-state index contributed by atoms with van der Waals surface area (Å²) in [7, 11) is 0. The van der Waals surface area contributed by atoms with Crippen LogP contribution in [0.15, 0.2) is 0 Å². The lowest BCUT2D eigenvalue weighted by Gasteiger charge is -2.36. The zero-order valence-electron chi connectivity index (χ0n) is 12.3. The van der Waals surface area contributed by atoms with Crippen LogP contribution in [0.25, 0.3) is 0 Å². The van der Waals surface area contributed by atoms with Crippen molar-refractivity contribution in [3.05, 3.63) is 0 Å². The summed E-state index contributed by atoms with van der Waals surface area (Å²) < 4.78 is 0. The number of hydrogen-bond acceptors (Lipinski definition) is 3. The third kappa shape index (κ3) is 3.11. The van der Waals surface area contributed by atoms with E-state index in [-0.39, 0.29) is 17.9 Å². The number of carbonyl (C=O) groups is 1. The molecule has 0 unspecified atom stereocenters. The molecule has 19 heavy (non-hydrogen) atoms. The average Bonchev–Trinajstić information content (AvgIpc) is 2.82. The van der Waals surface area contributed by atoms with Gasteiger partial charge in [0, 0.05) is 19.7 Å². The van der Waals surface area contributed by atoms with Crippen LogP contribution in [0.5, 0.6) is 0 Å². The third-order valence-corrected chi connectivity index (χ3v) is 5.18. The van der Waals surface area contributed by atoms with Crippen LogP contribution in [0.4, 0.5) is 0 Å². The minimum atomic E-state index is -0.357. The second-order valence-corrected chi connectivity index (χ2v) is 6.91. The summed E-state index contributed by atoms with van der Waals surface area (Å²) in [4.78, 5) is 14.3. The maximum atomic E-state index is 12.3. The topological polar surface area (TPSA) is 66.6 Å². The van der Waals surface area contributed by atoms with Gasteiger partial charge in [-0.05, 0) is 49.4 Å². The second-order valence-electron chi connectivity index (χ2n) is 6.91. The Labute approximate surface area is 116 Å². The summed E-state index contributed by atoms with van der Waals surface area (Å²) in [5.41, 5.74) is 6.29. The molecule has 1 heterocycles. The number of rotatable bonds is 3. The highest BCUT2D eigenvalue weighted by molar-refractivity contribution is 5.82. The first-order valence-electron chi connectivity index (χ1n) is 7.63. The van der Waals surface area contributed by atoms with E-state index in [0.29, 0.717) is 17.9 Å². The van der Waals surface area contributed by atoms with E-state index in [2.05, 4.69) is 0 Å². The van der Waals surface area contributed by atoms with Crippen LogP contribution in [0.2, 0.25) is 0 Å². The van der Waals surface area contributed by atoms with E-state index in [9.17, 15) is 9.90 Å². The van der Waals surface area contributed by atoms with Gasteiger partial charge in [0.15, 0.2) is 0 Å². The van der Waals surface area contributed by atoms with Gasteiger partial charge in [0.2, 0.25) is 5.91 Å². The summed E-state index contributed by atoms with van der Waals surface area (Å²) in [6.07, 6.45) is 5.63. The lowest BCUT2D eigenvalue weighted by molar-refractivity contribution is -0.133. The molecule has 3 N–H and O–H groups in total. The van der Waals surface area contributed by atoms with Crippen LogP contribution in [-0.4, -0.2) is 41.7 Å². The molecule has 1 aliphatic carbocycles. The number of carbonyl (C=O) groups excluding carboxylic acids is 1. The molecule has 2 fully saturated rings. The highest BCUT2D eigenvalue weighted by Crippen LogP contribution is 2.45. The van der Waals surface area contributed by atoms with E-state index >= 15 is 0 Å². The maximum Gasteiger partial charge on any atom is 0.239 e. The van der Waals surface area contributed by atoms with Gasteiger partial charge in [-0.25, -0.2) is 0 Å². The Hall–Kier alpha value is -0.610. The SMILES string of the molecule is CC(C)[C@@H](N)C(=O)N1CCC2(CCC(CO)CC2)C1. The van der Waals surface area contributed by atoms with Crippen LogP contribution in [0, 0.1) is 17.3 Å². The molecule has 2 aliphatic rings. The number of aliphatic hydroxyl groups is 1. The lowest BCUT2D eigenvalue weighted by atomic mass is 9.70. The van der Waals surface area contributed by atoms with Crippen molar-refractivity contribution in [1.82, 2.24) is 4.90 Å². The molecule has 0 aromatic carbocycles. The predicted molar refractivity (Wildman–Crippen MR) is 75.5 cm³/mol. The molecule has 2 rings (SSSR count). The number of amides is 1. The van der Waals surface area contributed by atoms with Gasteiger partial charge in [0.05, 0.1) is 6.04 Å². The molecule has 1 spiro atoms. The Kier molecular flexibility index (Phi) is 4.51. The highest BCUT2D eigenvalue weighted by atomic mass is 16.3. The standard InChI is InChI=1S/C15H28N2O2/c1-11(2)13(16)14(19)17-8-7-15(10-17)5-3-12(9-18)4-6-15/h11-13,18H,3-10,16H2,1-2H3/t12?,13-,15?/m1/s1. The van der Waals surface area contributed by atoms with E-state index in [0.717, 1.165) is 45.2 Å². The number of likely N-dealkylation sites (tertiary alicyclic amines) is 1. The van der Waals surface area contributed by atoms with Crippen molar-refractivity contribution in [2.75, 3.05) is 19.7 Å². The Balaban J connectivity index is 1.91. The Morgan fingerprint density at radius 3 is 2.53 bits per heavy atom. The van der Waals surface area contributed by atoms with Crippen molar-refractivity contribution in [3.63, 3.8) is 0 Å². The quantitative estimate of drug-likeness (QED) is 0.812. The van der Waals surface area contributed by atoms with Crippen LogP contribution >= 0.6 is 0 Å². The number of hydrogen-bond donors (Lipinski definition) is 2. The van der Waals surface area contributed by atoms with Gasteiger partial charge in [0.25, 0.3) is 0 Å². The smallest absolute Gasteiger partial charge is 0.239 e. The molecule has 1 atom stereocenters. The first-order valence-corrected chi connectivity index (χ1v) is 7.63. The molecule has 110 valence electrons. The fraction of sp³-hybridized carbons (Fsp3) is 0.933. The van der Waals surface area contributed by atoms with Crippen molar-refractivity contribution in [3.8, 4) is 0 Å². The van der Waals surface area contributed by atoms with Crippen LogP contribution in [0.1, 0.15) is 46.0 Å². The molecule has 0 aromatic rings. The molecule has 0 bridgehead atoms. The van der Waals surface area contributed by atoms with E-state index in [1.807, 2.05) is 18.7 Å². The van der Waals surface area contributed by atoms with E-state index in [1.54, 1.807) is 0 Å². The summed E-state index contributed by atoms with van der Waals surface area (Å²) >= 11 is 0. The minimum absolute atomic E-state index is 0.121. The molecule has 1 saturated heterocycles. The van der Waals surface area contributed by atoms with Crippen molar-refractivity contribution in [2.24, 2.45) is 23.0 Å². The molecular formula is C15H28N2O2. The van der Waals surface area contributed by atoms with E-state index in [1.165, 1.54) is 0 Å². The van der Waals surface area contributed by atoms with Gasteiger partial charge in [0.1, 0.15) is 0 Å². The first kappa shape index (κ1) is 14.8. The number of nitrogens with two attached hydrogens (primary N) is 1. The van der Waals surface area contributed by atoms with E-state index < -0.39 is 0 Å². The van der Waals surface area contributed by atoms with Crippen LogP contribution in [-0.2, 0) is 4.79 Å². The first-order chi connectivity index (χ1) is 8.97. The van der Waals surface area contributed by atoms with Crippen molar-refractivity contribution in [1.29, 1.82) is 0 Å². The van der Waals surface area contributed by atoms with Gasteiger partial charge in [-0.1, -0.05) is 13.8 Å². The van der Waals surface area contributed by atoms with Crippen LogP contribution in [0.3, 0.4) is 0 Å². The van der Waals surface area contributed by atoms with Crippen molar-refractivity contribution < 1.29 is 9.90 Å². The Morgan fingerprint density at radius 2 is 2.00 bits per heavy atom. The zero-order chi connectivity index (χ0) is 14.0. The zero-order valence-corrected chi connectivity index (χ0v) is 12.3. The summed E-state index contributed by atoms with van der Waals surface area (Å²) in [5, 5.41) is 9.22. The van der Waals surface area contributed by atoms with Gasteiger partial charge >= 0.3 is 0 Å².